The SMILES string of the molecule is Cc1cc(Cl)c(Cl)cc1[C@@H](N)[C@@H](C)O. The van der Waals surface area contributed by atoms with Crippen molar-refractivity contribution in [3.63, 3.8) is 0 Å². The van der Waals surface area contributed by atoms with Gasteiger partial charge in [-0.3, -0.25) is 0 Å². The third kappa shape index (κ3) is 2.39. The molecule has 1 rings (SSSR count). The predicted molar refractivity (Wildman–Crippen MR) is 59.8 cm³/mol. The van der Waals surface area contributed by atoms with Crippen LogP contribution in [0.1, 0.15) is 24.1 Å². The number of halogens is 2. The first kappa shape index (κ1) is 11.8. The first-order valence-corrected chi connectivity index (χ1v) is 5.08. The molecule has 0 unspecified atom stereocenters. The molecule has 3 N–H and O–H groups in total. The zero-order valence-electron chi connectivity index (χ0n) is 8.09. The molecule has 0 heterocycles. The summed E-state index contributed by atoms with van der Waals surface area (Å²) in [5.74, 6) is 0. The van der Waals surface area contributed by atoms with Crippen molar-refractivity contribution < 1.29 is 5.11 Å². The summed E-state index contributed by atoms with van der Waals surface area (Å²) in [6, 6.07) is 3.03. The molecule has 0 aliphatic rings. The van der Waals surface area contributed by atoms with E-state index in [1.807, 2.05) is 6.92 Å². The van der Waals surface area contributed by atoms with Gasteiger partial charge in [0.15, 0.2) is 0 Å². The Hall–Kier alpha value is -0.280. The van der Waals surface area contributed by atoms with E-state index in [4.69, 9.17) is 28.9 Å². The van der Waals surface area contributed by atoms with E-state index < -0.39 is 12.1 Å². The summed E-state index contributed by atoms with van der Waals surface area (Å²) in [5.41, 5.74) is 7.57. The zero-order chi connectivity index (χ0) is 10.9. The highest BCUT2D eigenvalue weighted by Gasteiger charge is 2.15. The maximum Gasteiger partial charge on any atom is 0.0704 e. The van der Waals surface area contributed by atoms with E-state index in [1.165, 1.54) is 0 Å². The first-order valence-electron chi connectivity index (χ1n) is 4.32. The van der Waals surface area contributed by atoms with Gasteiger partial charge in [-0.05, 0) is 37.1 Å². The third-order valence-corrected chi connectivity index (χ3v) is 2.91. The van der Waals surface area contributed by atoms with Gasteiger partial charge >= 0.3 is 0 Å². The Kier molecular flexibility index (Phi) is 3.78. The second kappa shape index (κ2) is 4.49. The van der Waals surface area contributed by atoms with Gasteiger partial charge in [0.05, 0.1) is 22.2 Å². The Morgan fingerprint density at radius 3 is 2.29 bits per heavy atom. The van der Waals surface area contributed by atoms with Crippen LogP contribution in [0.2, 0.25) is 10.0 Å². The molecule has 1 aromatic carbocycles. The lowest BCUT2D eigenvalue weighted by Crippen LogP contribution is -2.24. The summed E-state index contributed by atoms with van der Waals surface area (Å²) < 4.78 is 0. The normalized spacial score (nSPS) is 15.3. The average molecular weight is 234 g/mol. The van der Waals surface area contributed by atoms with Crippen molar-refractivity contribution in [3.05, 3.63) is 33.3 Å². The van der Waals surface area contributed by atoms with Crippen LogP contribution in [0.4, 0.5) is 0 Å². The summed E-state index contributed by atoms with van der Waals surface area (Å²) in [4.78, 5) is 0. The lowest BCUT2D eigenvalue weighted by Gasteiger charge is -2.18. The molecule has 0 bridgehead atoms. The highest BCUT2D eigenvalue weighted by atomic mass is 35.5. The molecule has 0 fully saturated rings. The molecule has 0 aliphatic heterocycles. The molecule has 0 aliphatic carbocycles. The van der Waals surface area contributed by atoms with Gasteiger partial charge in [0, 0.05) is 0 Å². The highest BCUT2D eigenvalue weighted by molar-refractivity contribution is 6.42. The molecular formula is C10H13Cl2NO. The lowest BCUT2D eigenvalue weighted by atomic mass is 9.98. The van der Waals surface area contributed by atoms with Crippen LogP contribution in [0.25, 0.3) is 0 Å². The Morgan fingerprint density at radius 1 is 1.29 bits per heavy atom. The molecule has 78 valence electrons. The number of benzene rings is 1. The molecule has 1 aromatic rings. The molecule has 4 heteroatoms. The van der Waals surface area contributed by atoms with Gasteiger partial charge in [0.1, 0.15) is 0 Å². The van der Waals surface area contributed by atoms with Crippen molar-refractivity contribution in [1.82, 2.24) is 0 Å². The minimum Gasteiger partial charge on any atom is -0.391 e. The van der Waals surface area contributed by atoms with Crippen LogP contribution in [-0.2, 0) is 0 Å². The third-order valence-electron chi connectivity index (χ3n) is 2.19. The van der Waals surface area contributed by atoms with Gasteiger partial charge < -0.3 is 10.8 Å². The van der Waals surface area contributed by atoms with Gasteiger partial charge in [-0.25, -0.2) is 0 Å². The van der Waals surface area contributed by atoms with Crippen LogP contribution < -0.4 is 5.73 Å². The van der Waals surface area contributed by atoms with Crippen molar-refractivity contribution >= 4 is 23.2 Å². The van der Waals surface area contributed by atoms with Crippen LogP contribution in [0.15, 0.2) is 12.1 Å². The van der Waals surface area contributed by atoms with Crippen LogP contribution in [0.3, 0.4) is 0 Å². The van der Waals surface area contributed by atoms with Gasteiger partial charge in [-0.2, -0.15) is 0 Å². The van der Waals surface area contributed by atoms with Crippen molar-refractivity contribution in [1.29, 1.82) is 0 Å². The standard InChI is InChI=1S/C10H13Cl2NO/c1-5-3-8(11)9(12)4-7(5)10(13)6(2)14/h3-4,6,10,14H,13H2,1-2H3/t6-,10+/m1/s1. The smallest absolute Gasteiger partial charge is 0.0704 e. The van der Waals surface area contributed by atoms with E-state index in [9.17, 15) is 5.11 Å². The van der Waals surface area contributed by atoms with Crippen molar-refractivity contribution in [2.75, 3.05) is 0 Å². The fraction of sp³-hybridized carbons (Fsp3) is 0.400. The summed E-state index contributed by atoms with van der Waals surface area (Å²) in [5, 5.41) is 10.3. The Morgan fingerprint density at radius 2 is 1.79 bits per heavy atom. The molecule has 2 nitrogen and oxygen atoms in total. The van der Waals surface area contributed by atoms with Gasteiger partial charge in [0.25, 0.3) is 0 Å². The number of aliphatic hydroxyl groups is 1. The monoisotopic (exact) mass is 233 g/mol. The van der Waals surface area contributed by atoms with E-state index in [-0.39, 0.29) is 0 Å². The molecule has 14 heavy (non-hydrogen) atoms. The van der Waals surface area contributed by atoms with E-state index in [1.54, 1.807) is 19.1 Å². The largest absolute Gasteiger partial charge is 0.391 e. The maximum absolute atomic E-state index is 9.36. The number of nitrogens with two attached hydrogens (primary N) is 1. The van der Waals surface area contributed by atoms with E-state index in [2.05, 4.69) is 0 Å². The van der Waals surface area contributed by atoms with Crippen molar-refractivity contribution in [2.24, 2.45) is 5.73 Å². The summed E-state index contributed by atoms with van der Waals surface area (Å²) in [6.45, 7) is 3.53. The van der Waals surface area contributed by atoms with Crippen LogP contribution in [0, 0.1) is 6.92 Å². The minimum atomic E-state index is -0.606. The second-order valence-electron chi connectivity index (χ2n) is 3.39. The molecule has 0 amide bonds. The topological polar surface area (TPSA) is 46.2 Å². The second-order valence-corrected chi connectivity index (χ2v) is 4.20. The number of aryl methyl sites for hydroxylation is 1. The number of hydrogen-bond acceptors (Lipinski definition) is 2. The van der Waals surface area contributed by atoms with Gasteiger partial charge in [-0.15, -0.1) is 0 Å². The van der Waals surface area contributed by atoms with Gasteiger partial charge in [0.2, 0.25) is 0 Å². The number of hydrogen-bond donors (Lipinski definition) is 2. The molecule has 0 saturated heterocycles. The Bertz CT molecular complexity index is 339. The van der Waals surface area contributed by atoms with E-state index in [0.29, 0.717) is 10.0 Å². The predicted octanol–water partition coefficient (Wildman–Crippen LogP) is 2.68. The van der Waals surface area contributed by atoms with Crippen LogP contribution >= 0.6 is 23.2 Å². The summed E-state index contributed by atoms with van der Waals surface area (Å²) in [7, 11) is 0. The Balaban J connectivity index is 3.15. The summed E-state index contributed by atoms with van der Waals surface area (Å²) >= 11 is 11.7. The molecule has 0 radical (unpaired) electrons. The Labute approximate surface area is 93.6 Å². The summed E-state index contributed by atoms with van der Waals surface area (Å²) in [6.07, 6.45) is -0.606. The fourth-order valence-corrected chi connectivity index (χ4v) is 1.67. The van der Waals surface area contributed by atoms with Crippen LogP contribution in [-0.4, -0.2) is 11.2 Å². The lowest BCUT2D eigenvalue weighted by molar-refractivity contribution is 0.164. The highest BCUT2D eigenvalue weighted by Crippen LogP contribution is 2.29. The molecule has 0 spiro atoms. The van der Waals surface area contributed by atoms with Gasteiger partial charge in [-0.1, -0.05) is 23.2 Å². The van der Waals surface area contributed by atoms with Crippen LogP contribution in [0.5, 0.6) is 0 Å². The number of rotatable bonds is 2. The number of aliphatic hydroxyl groups excluding tert-OH is 1. The quantitative estimate of drug-likeness (QED) is 0.826. The first-order chi connectivity index (χ1) is 6.43. The molecule has 0 aromatic heterocycles. The van der Waals surface area contributed by atoms with E-state index in [0.717, 1.165) is 11.1 Å². The molecular weight excluding hydrogens is 221 g/mol. The molecule has 2 atom stereocenters. The van der Waals surface area contributed by atoms with Crippen molar-refractivity contribution in [3.8, 4) is 0 Å². The maximum atomic E-state index is 9.36. The van der Waals surface area contributed by atoms with E-state index >= 15 is 0 Å². The van der Waals surface area contributed by atoms with Crippen molar-refractivity contribution in [2.45, 2.75) is 26.0 Å². The average Bonchev–Trinajstić information content (AvgIpc) is 2.10. The minimum absolute atomic E-state index is 0.426. The fourth-order valence-electron chi connectivity index (χ4n) is 1.28. The zero-order valence-corrected chi connectivity index (χ0v) is 9.60. The molecule has 0 saturated carbocycles.